The smallest absolute Gasteiger partial charge is 0.335 e. The van der Waals surface area contributed by atoms with Gasteiger partial charge in [0.25, 0.3) is 5.91 Å². The Hall–Kier alpha value is -1.32. The predicted molar refractivity (Wildman–Crippen MR) is 77.1 cm³/mol. The maximum atomic E-state index is 12.5. The molecule has 4 nitrogen and oxygen atoms in total. The minimum Gasteiger partial charge on any atom is -0.451 e. The molecule has 112 valence electrons. The van der Waals surface area contributed by atoms with Gasteiger partial charge in [-0.05, 0) is 44.9 Å². The summed E-state index contributed by atoms with van der Waals surface area (Å²) < 4.78 is 5.59. The van der Waals surface area contributed by atoms with Crippen LogP contribution in [0.2, 0.25) is 0 Å². The van der Waals surface area contributed by atoms with Gasteiger partial charge in [-0.2, -0.15) is 0 Å². The summed E-state index contributed by atoms with van der Waals surface area (Å²) in [6.45, 7) is 6.61. The van der Waals surface area contributed by atoms with Crippen LogP contribution in [-0.2, 0) is 14.3 Å². The Morgan fingerprint density at radius 3 is 2.55 bits per heavy atom. The molecule has 0 aromatic heterocycles. The summed E-state index contributed by atoms with van der Waals surface area (Å²) in [6, 6.07) is 0. The van der Waals surface area contributed by atoms with E-state index in [4.69, 9.17) is 4.74 Å². The highest BCUT2D eigenvalue weighted by atomic mass is 16.6. The Morgan fingerprint density at radius 2 is 1.95 bits per heavy atom. The van der Waals surface area contributed by atoms with Gasteiger partial charge < -0.3 is 10.1 Å². The van der Waals surface area contributed by atoms with Crippen LogP contribution in [-0.4, -0.2) is 24.0 Å². The van der Waals surface area contributed by atoms with Crippen molar-refractivity contribution < 1.29 is 14.3 Å². The van der Waals surface area contributed by atoms with Crippen LogP contribution in [0.25, 0.3) is 0 Å². The van der Waals surface area contributed by atoms with Crippen LogP contribution in [0.5, 0.6) is 0 Å². The molecule has 1 N–H and O–H groups in total. The molecule has 0 unspecified atom stereocenters. The van der Waals surface area contributed by atoms with Gasteiger partial charge in [-0.25, -0.2) is 4.79 Å². The average Bonchev–Trinajstić information content (AvgIpc) is 2.61. The number of amides is 1. The van der Waals surface area contributed by atoms with Crippen LogP contribution >= 0.6 is 0 Å². The summed E-state index contributed by atoms with van der Waals surface area (Å²) in [5.74, 6) is 0.118. The molecule has 0 aromatic rings. The van der Waals surface area contributed by atoms with Crippen molar-refractivity contribution in [2.24, 2.45) is 5.92 Å². The monoisotopic (exact) mass is 279 g/mol. The molecule has 0 atom stereocenters. The summed E-state index contributed by atoms with van der Waals surface area (Å²) in [6.07, 6.45) is 5.69. The lowest BCUT2D eigenvalue weighted by Gasteiger charge is -2.34. The van der Waals surface area contributed by atoms with Gasteiger partial charge in [-0.15, -0.1) is 0 Å². The lowest BCUT2D eigenvalue weighted by molar-refractivity contribution is -0.149. The molecule has 0 bridgehead atoms. The highest BCUT2D eigenvalue weighted by Crippen LogP contribution is 2.43. The minimum absolute atomic E-state index is 0.115. The first-order valence-corrected chi connectivity index (χ1v) is 7.69. The van der Waals surface area contributed by atoms with Gasteiger partial charge >= 0.3 is 5.97 Å². The number of rotatable bonds is 4. The van der Waals surface area contributed by atoms with Crippen molar-refractivity contribution in [1.82, 2.24) is 5.32 Å². The van der Waals surface area contributed by atoms with Gasteiger partial charge in [-0.1, -0.05) is 20.3 Å². The Morgan fingerprint density at radius 1 is 1.30 bits per heavy atom. The first kappa shape index (κ1) is 15.1. The Balaban J connectivity index is 2.12. The molecule has 2 aliphatic rings. The molecule has 4 heteroatoms. The lowest BCUT2D eigenvalue weighted by atomic mass is 9.78. The first-order chi connectivity index (χ1) is 9.46. The second-order valence-electron chi connectivity index (χ2n) is 6.38. The van der Waals surface area contributed by atoms with E-state index in [-0.39, 0.29) is 11.9 Å². The molecule has 1 fully saturated rings. The van der Waals surface area contributed by atoms with Crippen molar-refractivity contribution in [3.63, 3.8) is 0 Å². The van der Waals surface area contributed by atoms with Crippen molar-refractivity contribution in [2.75, 3.05) is 6.54 Å². The highest BCUT2D eigenvalue weighted by molar-refractivity contribution is 6.07. The van der Waals surface area contributed by atoms with E-state index in [1.54, 1.807) is 6.92 Å². The standard InChI is InChI=1S/C16H25NO3/c1-11(2)7-10-17-14(18)13-12(3)15(19)20-16(13)8-5-4-6-9-16/h11H,4-10H2,1-3H3,(H,17,18). The molecule has 1 amide bonds. The summed E-state index contributed by atoms with van der Waals surface area (Å²) >= 11 is 0. The molecule has 1 aliphatic carbocycles. The number of carbonyl (C=O) groups is 2. The third-order valence-electron chi connectivity index (χ3n) is 4.32. The number of nitrogens with one attached hydrogen (secondary N) is 1. The van der Waals surface area contributed by atoms with Crippen LogP contribution in [0.15, 0.2) is 11.1 Å². The zero-order valence-corrected chi connectivity index (χ0v) is 12.8. The molecular weight excluding hydrogens is 254 g/mol. The third-order valence-corrected chi connectivity index (χ3v) is 4.32. The first-order valence-electron chi connectivity index (χ1n) is 7.69. The van der Waals surface area contributed by atoms with Gasteiger partial charge in [0.05, 0.1) is 5.57 Å². The summed E-state index contributed by atoms with van der Waals surface area (Å²) in [5.41, 5.74) is 0.446. The maximum absolute atomic E-state index is 12.5. The second kappa shape index (κ2) is 5.98. The molecule has 1 heterocycles. The molecule has 0 radical (unpaired) electrons. The van der Waals surface area contributed by atoms with Crippen molar-refractivity contribution >= 4 is 11.9 Å². The zero-order valence-electron chi connectivity index (χ0n) is 12.8. The molecule has 1 aliphatic heterocycles. The van der Waals surface area contributed by atoms with Gasteiger partial charge in [-0.3, -0.25) is 4.79 Å². The van der Waals surface area contributed by atoms with Crippen LogP contribution in [0.4, 0.5) is 0 Å². The number of carbonyl (C=O) groups excluding carboxylic acids is 2. The van der Waals surface area contributed by atoms with E-state index in [2.05, 4.69) is 19.2 Å². The molecule has 1 saturated carbocycles. The Labute approximate surface area is 120 Å². The number of hydrogen-bond acceptors (Lipinski definition) is 3. The van der Waals surface area contributed by atoms with Crippen molar-refractivity contribution in [3.8, 4) is 0 Å². The number of ether oxygens (including phenoxy) is 1. The third kappa shape index (κ3) is 2.89. The summed E-state index contributed by atoms with van der Waals surface area (Å²) in [7, 11) is 0. The summed E-state index contributed by atoms with van der Waals surface area (Å²) in [4.78, 5) is 24.3. The normalized spacial score (nSPS) is 21.5. The number of esters is 1. The van der Waals surface area contributed by atoms with E-state index in [0.29, 0.717) is 23.6 Å². The average molecular weight is 279 g/mol. The molecule has 2 rings (SSSR count). The topological polar surface area (TPSA) is 55.4 Å². The van der Waals surface area contributed by atoms with Crippen LogP contribution in [0.3, 0.4) is 0 Å². The lowest BCUT2D eigenvalue weighted by Crippen LogP contribution is -2.41. The van der Waals surface area contributed by atoms with Gasteiger partial charge in [0.2, 0.25) is 0 Å². The fourth-order valence-electron chi connectivity index (χ4n) is 3.16. The van der Waals surface area contributed by atoms with E-state index in [1.165, 1.54) is 0 Å². The van der Waals surface area contributed by atoms with E-state index >= 15 is 0 Å². The fourth-order valence-corrected chi connectivity index (χ4v) is 3.16. The van der Waals surface area contributed by atoms with E-state index < -0.39 is 5.60 Å². The van der Waals surface area contributed by atoms with E-state index in [1.807, 2.05) is 0 Å². The predicted octanol–water partition coefficient (Wildman–Crippen LogP) is 2.72. The summed E-state index contributed by atoms with van der Waals surface area (Å²) in [5, 5.41) is 2.95. The van der Waals surface area contributed by atoms with Gasteiger partial charge in [0.1, 0.15) is 5.60 Å². The van der Waals surface area contributed by atoms with Crippen LogP contribution in [0.1, 0.15) is 59.3 Å². The molecule has 1 spiro atoms. The molecule has 0 aromatic carbocycles. The zero-order chi connectivity index (χ0) is 14.8. The Bertz CT molecular complexity index is 431. The SMILES string of the molecule is CC1=C(C(=O)NCCC(C)C)C2(CCCCC2)OC1=O. The van der Waals surface area contributed by atoms with Crippen molar-refractivity contribution in [3.05, 3.63) is 11.1 Å². The van der Waals surface area contributed by atoms with Crippen molar-refractivity contribution in [2.45, 2.75) is 64.9 Å². The Kier molecular flexibility index (Phi) is 4.51. The highest BCUT2D eigenvalue weighted by Gasteiger charge is 2.49. The number of hydrogen-bond donors (Lipinski definition) is 1. The largest absolute Gasteiger partial charge is 0.451 e. The minimum atomic E-state index is -0.638. The van der Waals surface area contributed by atoms with Crippen LogP contribution in [0, 0.1) is 5.92 Å². The van der Waals surface area contributed by atoms with Crippen LogP contribution < -0.4 is 5.32 Å². The second-order valence-corrected chi connectivity index (χ2v) is 6.38. The molecular formula is C16H25NO3. The van der Waals surface area contributed by atoms with E-state index in [9.17, 15) is 9.59 Å². The molecule has 20 heavy (non-hydrogen) atoms. The maximum Gasteiger partial charge on any atom is 0.335 e. The van der Waals surface area contributed by atoms with Gasteiger partial charge in [0.15, 0.2) is 0 Å². The fraction of sp³-hybridized carbons (Fsp3) is 0.750. The van der Waals surface area contributed by atoms with Gasteiger partial charge in [0, 0.05) is 12.1 Å². The van der Waals surface area contributed by atoms with Crippen molar-refractivity contribution in [1.29, 1.82) is 0 Å². The van der Waals surface area contributed by atoms with E-state index in [0.717, 1.165) is 38.5 Å². The molecule has 0 saturated heterocycles. The quantitative estimate of drug-likeness (QED) is 0.805.